The van der Waals surface area contributed by atoms with Crippen molar-refractivity contribution in [1.29, 1.82) is 0 Å². The van der Waals surface area contributed by atoms with Crippen molar-refractivity contribution < 1.29 is 5.11 Å². The molecule has 1 aliphatic carbocycles. The predicted octanol–water partition coefficient (Wildman–Crippen LogP) is 2.02. The summed E-state index contributed by atoms with van der Waals surface area (Å²) in [4.78, 5) is 2.41. The van der Waals surface area contributed by atoms with Gasteiger partial charge in [-0.25, -0.2) is 0 Å². The molecule has 0 bridgehead atoms. The molecule has 0 aromatic carbocycles. The minimum Gasteiger partial charge on any atom is -0.392 e. The Bertz CT molecular complexity index is 175. The third-order valence-corrected chi connectivity index (χ3v) is 3.80. The number of hydrogen-bond donors (Lipinski definition) is 1. The highest BCUT2D eigenvalue weighted by molar-refractivity contribution is 4.95. The Morgan fingerprint density at radius 1 is 1.14 bits per heavy atom. The average molecular weight is 197 g/mol. The number of nitrogens with zero attached hydrogens (tertiary/aromatic N) is 1. The second kappa shape index (κ2) is 4.19. The van der Waals surface area contributed by atoms with E-state index in [0.717, 1.165) is 6.54 Å². The van der Waals surface area contributed by atoms with E-state index in [1.165, 1.54) is 51.6 Å². The van der Waals surface area contributed by atoms with Crippen LogP contribution in [0.4, 0.5) is 0 Å². The van der Waals surface area contributed by atoms with E-state index < -0.39 is 0 Å². The summed E-state index contributed by atoms with van der Waals surface area (Å²) in [5, 5.41) is 9.29. The van der Waals surface area contributed by atoms with Crippen LogP contribution in [0, 0.1) is 5.41 Å². The molecule has 82 valence electrons. The Hall–Kier alpha value is -0.0800. The highest BCUT2D eigenvalue weighted by atomic mass is 16.3. The maximum Gasteiger partial charge on any atom is 0.0639 e. The molecule has 2 aliphatic rings. The molecule has 0 radical (unpaired) electrons. The van der Waals surface area contributed by atoms with E-state index in [-0.39, 0.29) is 6.10 Å². The van der Waals surface area contributed by atoms with Gasteiger partial charge >= 0.3 is 0 Å². The Morgan fingerprint density at radius 2 is 1.71 bits per heavy atom. The first kappa shape index (κ1) is 10.4. The van der Waals surface area contributed by atoms with Crippen LogP contribution in [-0.2, 0) is 0 Å². The molecule has 2 fully saturated rings. The average Bonchev–Trinajstić information content (AvgIpc) is 2.27. The van der Waals surface area contributed by atoms with Gasteiger partial charge in [-0.2, -0.15) is 0 Å². The number of aliphatic hydroxyl groups is 1. The van der Waals surface area contributed by atoms with Gasteiger partial charge in [-0.3, -0.25) is 4.90 Å². The molecule has 0 aromatic rings. The van der Waals surface area contributed by atoms with Crippen LogP contribution in [0.15, 0.2) is 0 Å². The van der Waals surface area contributed by atoms with Crippen molar-refractivity contribution in [2.75, 3.05) is 19.6 Å². The van der Waals surface area contributed by atoms with Gasteiger partial charge in [0.25, 0.3) is 0 Å². The van der Waals surface area contributed by atoms with E-state index in [9.17, 15) is 5.11 Å². The summed E-state index contributed by atoms with van der Waals surface area (Å²) in [5.41, 5.74) is 0.658. The first-order chi connectivity index (χ1) is 6.70. The maximum absolute atomic E-state index is 9.29. The zero-order chi connectivity index (χ0) is 10.0. The molecule has 1 heterocycles. The second-order valence-electron chi connectivity index (χ2n) is 5.43. The van der Waals surface area contributed by atoms with Crippen LogP contribution in [0.1, 0.15) is 45.4 Å². The van der Waals surface area contributed by atoms with E-state index in [2.05, 4.69) is 4.90 Å². The van der Waals surface area contributed by atoms with Crippen molar-refractivity contribution in [3.63, 3.8) is 0 Å². The Kier molecular flexibility index (Phi) is 3.13. The number of aliphatic hydroxyl groups excluding tert-OH is 1. The minimum atomic E-state index is -0.155. The molecule has 2 heteroatoms. The number of likely N-dealkylation sites (tertiary alicyclic amines) is 1. The summed E-state index contributed by atoms with van der Waals surface area (Å²) >= 11 is 0. The highest BCUT2D eigenvalue weighted by Crippen LogP contribution is 2.42. The molecule has 1 saturated carbocycles. The summed E-state index contributed by atoms with van der Waals surface area (Å²) in [6.45, 7) is 5.26. The van der Waals surface area contributed by atoms with E-state index >= 15 is 0 Å². The zero-order valence-electron chi connectivity index (χ0n) is 9.34. The van der Waals surface area contributed by atoms with Gasteiger partial charge in [0, 0.05) is 19.6 Å². The van der Waals surface area contributed by atoms with Crippen molar-refractivity contribution in [3.05, 3.63) is 0 Å². The van der Waals surface area contributed by atoms with Crippen molar-refractivity contribution in [2.45, 2.75) is 51.6 Å². The first-order valence-electron chi connectivity index (χ1n) is 6.11. The Balaban J connectivity index is 1.78. The fourth-order valence-electron chi connectivity index (χ4n) is 3.20. The first-order valence-corrected chi connectivity index (χ1v) is 6.11. The normalized spacial score (nSPS) is 29.6. The minimum absolute atomic E-state index is 0.155. The molecule has 1 atom stereocenters. The molecular formula is C12H23NO. The molecule has 14 heavy (non-hydrogen) atoms. The molecule has 2 nitrogen and oxygen atoms in total. The predicted molar refractivity (Wildman–Crippen MR) is 58.3 cm³/mol. The van der Waals surface area contributed by atoms with Crippen LogP contribution in [0.3, 0.4) is 0 Å². The van der Waals surface area contributed by atoms with E-state index in [0.29, 0.717) is 5.41 Å². The molecule has 1 N–H and O–H groups in total. The molecule has 1 unspecified atom stereocenters. The van der Waals surface area contributed by atoms with E-state index in [4.69, 9.17) is 0 Å². The summed E-state index contributed by atoms with van der Waals surface area (Å²) < 4.78 is 0. The number of rotatable bonds is 2. The Morgan fingerprint density at radius 3 is 2.21 bits per heavy atom. The third-order valence-electron chi connectivity index (χ3n) is 3.80. The van der Waals surface area contributed by atoms with Crippen molar-refractivity contribution in [1.82, 2.24) is 4.90 Å². The van der Waals surface area contributed by atoms with Crippen LogP contribution in [0.5, 0.6) is 0 Å². The lowest BCUT2D eigenvalue weighted by atomic mass is 9.73. The van der Waals surface area contributed by atoms with E-state index in [1.54, 1.807) is 0 Å². The summed E-state index contributed by atoms with van der Waals surface area (Å²) in [6, 6.07) is 0. The van der Waals surface area contributed by atoms with E-state index in [1.807, 2.05) is 6.92 Å². The lowest BCUT2D eigenvalue weighted by Crippen LogP contribution is -2.57. The fraction of sp³-hybridized carbons (Fsp3) is 1.00. The monoisotopic (exact) mass is 197 g/mol. The number of hydrogen-bond acceptors (Lipinski definition) is 2. The molecule has 1 aliphatic heterocycles. The standard InChI is InChI=1S/C12H23NO/c1-11(14)8-13-9-12(10-13)6-4-2-3-5-7-12/h11,14H,2-10H2,1H3. The van der Waals surface area contributed by atoms with Gasteiger partial charge in [-0.1, -0.05) is 25.7 Å². The van der Waals surface area contributed by atoms with Gasteiger partial charge in [-0.15, -0.1) is 0 Å². The van der Waals surface area contributed by atoms with Crippen molar-refractivity contribution in [2.24, 2.45) is 5.41 Å². The smallest absolute Gasteiger partial charge is 0.0639 e. The van der Waals surface area contributed by atoms with Crippen molar-refractivity contribution >= 4 is 0 Å². The highest BCUT2D eigenvalue weighted by Gasteiger charge is 2.42. The van der Waals surface area contributed by atoms with Gasteiger partial charge in [0.2, 0.25) is 0 Å². The van der Waals surface area contributed by atoms with Crippen LogP contribution in [0.25, 0.3) is 0 Å². The lowest BCUT2D eigenvalue weighted by Gasteiger charge is -2.51. The lowest BCUT2D eigenvalue weighted by molar-refractivity contribution is -0.0336. The van der Waals surface area contributed by atoms with Gasteiger partial charge < -0.3 is 5.11 Å². The molecule has 2 rings (SSSR count). The fourth-order valence-corrected chi connectivity index (χ4v) is 3.20. The van der Waals surface area contributed by atoms with Gasteiger partial charge in [0.05, 0.1) is 6.10 Å². The van der Waals surface area contributed by atoms with Crippen LogP contribution < -0.4 is 0 Å². The SMILES string of the molecule is CC(O)CN1CC2(CCCCCC2)C1. The molecule has 0 aromatic heterocycles. The zero-order valence-corrected chi connectivity index (χ0v) is 9.34. The van der Waals surface area contributed by atoms with Gasteiger partial charge in [-0.05, 0) is 25.2 Å². The maximum atomic E-state index is 9.29. The summed E-state index contributed by atoms with van der Waals surface area (Å²) in [5.74, 6) is 0. The van der Waals surface area contributed by atoms with Gasteiger partial charge in [0.1, 0.15) is 0 Å². The van der Waals surface area contributed by atoms with Crippen molar-refractivity contribution in [3.8, 4) is 0 Å². The topological polar surface area (TPSA) is 23.5 Å². The largest absolute Gasteiger partial charge is 0.392 e. The van der Waals surface area contributed by atoms with Gasteiger partial charge in [0.15, 0.2) is 0 Å². The molecule has 1 saturated heterocycles. The summed E-state index contributed by atoms with van der Waals surface area (Å²) in [7, 11) is 0. The third kappa shape index (κ3) is 2.29. The Labute approximate surface area is 87.3 Å². The van der Waals surface area contributed by atoms with Crippen LogP contribution >= 0.6 is 0 Å². The molecular weight excluding hydrogens is 174 g/mol. The quantitative estimate of drug-likeness (QED) is 0.732. The summed E-state index contributed by atoms with van der Waals surface area (Å²) in [6.07, 6.45) is 8.46. The molecule has 1 spiro atoms. The van der Waals surface area contributed by atoms with Crippen LogP contribution in [0.2, 0.25) is 0 Å². The second-order valence-corrected chi connectivity index (χ2v) is 5.43. The number of β-amino-alcohol motifs (C(OH)–C–C–N with tert-alkyl or cyclic N) is 1. The molecule has 0 amide bonds. The van der Waals surface area contributed by atoms with Crippen LogP contribution in [-0.4, -0.2) is 35.7 Å².